The molecular weight excluding hydrogens is 218 g/mol. The van der Waals surface area contributed by atoms with Crippen LogP contribution in [0.4, 0.5) is 0 Å². The molecule has 0 saturated carbocycles. The minimum absolute atomic E-state index is 0.0642. The molecule has 4 nitrogen and oxygen atoms in total. The number of aliphatic hydroxyl groups is 1. The van der Waals surface area contributed by atoms with Gasteiger partial charge in [0.15, 0.2) is 5.76 Å². The highest BCUT2D eigenvalue weighted by molar-refractivity contribution is 5.91. The molecule has 98 valence electrons. The minimum atomic E-state index is -0.119. The van der Waals surface area contributed by atoms with E-state index in [0.29, 0.717) is 18.9 Å². The molecule has 0 saturated heterocycles. The van der Waals surface area contributed by atoms with Crippen molar-refractivity contribution in [1.29, 1.82) is 0 Å². The lowest BCUT2D eigenvalue weighted by Crippen LogP contribution is -2.29. The molecule has 0 aromatic rings. The van der Waals surface area contributed by atoms with Gasteiger partial charge in [-0.25, -0.2) is 0 Å². The third-order valence-electron chi connectivity index (χ3n) is 2.90. The minimum Gasteiger partial charge on any atom is -0.488 e. The summed E-state index contributed by atoms with van der Waals surface area (Å²) < 4.78 is 5.27. The molecule has 4 heteroatoms. The van der Waals surface area contributed by atoms with E-state index in [0.717, 1.165) is 25.7 Å². The number of allylic oxidation sites excluding steroid dienone is 1. The zero-order valence-corrected chi connectivity index (χ0v) is 10.8. The first kappa shape index (κ1) is 14.0. The Morgan fingerprint density at radius 2 is 2.35 bits per heavy atom. The number of rotatable bonds is 6. The van der Waals surface area contributed by atoms with Gasteiger partial charge in [-0.05, 0) is 37.2 Å². The molecule has 2 N–H and O–H groups in total. The molecule has 0 aromatic carbocycles. The van der Waals surface area contributed by atoms with E-state index in [2.05, 4.69) is 5.32 Å². The fourth-order valence-electron chi connectivity index (χ4n) is 1.65. The van der Waals surface area contributed by atoms with E-state index in [-0.39, 0.29) is 17.9 Å². The van der Waals surface area contributed by atoms with Gasteiger partial charge in [-0.2, -0.15) is 0 Å². The predicted octanol–water partition coefficient (Wildman–Crippen LogP) is 1.60. The number of ether oxygens (including phenoxy) is 1. The highest BCUT2D eigenvalue weighted by Crippen LogP contribution is 2.20. The molecule has 1 aliphatic heterocycles. The second kappa shape index (κ2) is 6.64. The van der Waals surface area contributed by atoms with E-state index in [9.17, 15) is 4.79 Å². The first-order valence-electron chi connectivity index (χ1n) is 6.27. The first-order chi connectivity index (χ1) is 8.05. The first-order valence-corrected chi connectivity index (χ1v) is 6.27. The van der Waals surface area contributed by atoms with Crippen LogP contribution in [0.15, 0.2) is 11.8 Å². The molecule has 0 unspecified atom stereocenters. The maximum Gasteiger partial charge on any atom is 0.286 e. The van der Waals surface area contributed by atoms with Gasteiger partial charge >= 0.3 is 0 Å². The van der Waals surface area contributed by atoms with Crippen LogP contribution < -0.4 is 5.32 Å². The van der Waals surface area contributed by atoms with Crippen LogP contribution in [0.2, 0.25) is 0 Å². The monoisotopic (exact) mass is 241 g/mol. The van der Waals surface area contributed by atoms with Crippen LogP contribution in [0, 0.1) is 5.41 Å². The third-order valence-corrected chi connectivity index (χ3v) is 2.90. The smallest absolute Gasteiger partial charge is 0.286 e. The summed E-state index contributed by atoms with van der Waals surface area (Å²) in [5, 5.41) is 11.9. The Hall–Kier alpha value is -1.03. The molecule has 0 fully saturated rings. The molecule has 0 aromatic heterocycles. The SMILES string of the molecule is CC(C)(CO)CCCNC(=O)C1=CCCCO1. The lowest BCUT2D eigenvalue weighted by Gasteiger charge is -2.21. The van der Waals surface area contributed by atoms with Gasteiger partial charge in [0, 0.05) is 13.2 Å². The normalized spacial score (nSPS) is 16.1. The Morgan fingerprint density at radius 3 is 2.94 bits per heavy atom. The van der Waals surface area contributed by atoms with Crippen molar-refractivity contribution in [2.75, 3.05) is 19.8 Å². The van der Waals surface area contributed by atoms with E-state index < -0.39 is 0 Å². The Morgan fingerprint density at radius 1 is 1.59 bits per heavy atom. The van der Waals surface area contributed by atoms with Gasteiger partial charge < -0.3 is 15.2 Å². The highest BCUT2D eigenvalue weighted by Gasteiger charge is 2.17. The van der Waals surface area contributed by atoms with E-state index in [1.807, 2.05) is 19.9 Å². The second-order valence-electron chi connectivity index (χ2n) is 5.24. The lowest BCUT2D eigenvalue weighted by atomic mass is 9.89. The van der Waals surface area contributed by atoms with E-state index in [4.69, 9.17) is 9.84 Å². The molecule has 1 rings (SSSR count). The second-order valence-corrected chi connectivity index (χ2v) is 5.24. The number of carbonyl (C=O) groups excluding carboxylic acids is 1. The van der Waals surface area contributed by atoms with Crippen molar-refractivity contribution in [2.45, 2.75) is 39.5 Å². The summed E-state index contributed by atoms with van der Waals surface area (Å²) >= 11 is 0. The summed E-state index contributed by atoms with van der Waals surface area (Å²) in [4.78, 5) is 11.6. The molecule has 0 spiro atoms. The van der Waals surface area contributed by atoms with Crippen molar-refractivity contribution in [3.05, 3.63) is 11.8 Å². The van der Waals surface area contributed by atoms with Gasteiger partial charge in [0.05, 0.1) is 6.61 Å². The van der Waals surface area contributed by atoms with Crippen molar-refractivity contribution in [3.8, 4) is 0 Å². The van der Waals surface area contributed by atoms with Crippen molar-refractivity contribution in [3.63, 3.8) is 0 Å². The Kier molecular flexibility index (Phi) is 5.48. The molecule has 17 heavy (non-hydrogen) atoms. The summed E-state index contributed by atoms with van der Waals surface area (Å²) in [6.07, 6.45) is 5.51. The number of carbonyl (C=O) groups is 1. The average Bonchev–Trinajstić information content (AvgIpc) is 2.35. The van der Waals surface area contributed by atoms with Crippen LogP contribution in [0.1, 0.15) is 39.5 Å². The summed E-state index contributed by atoms with van der Waals surface area (Å²) in [7, 11) is 0. The van der Waals surface area contributed by atoms with Gasteiger partial charge in [-0.15, -0.1) is 0 Å². The average molecular weight is 241 g/mol. The topological polar surface area (TPSA) is 58.6 Å². The van der Waals surface area contributed by atoms with Gasteiger partial charge in [-0.1, -0.05) is 13.8 Å². The zero-order chi connectivity index (χ0) is 12.7. The van der Waals surface area contributed by atoms with Gasteiger partial charge in [0.2, 0.25) is 0 Å². The maximum atomic E-state index is 11.6. The molecule has 0 aliphatic carbocycles. The molecule has 1 amide bonds. The van der Waals surface area contributed by atoms with Crippen molar-refractivity contribution >= 4 is 5.91 Å². The van der Waals surface area contributed by atoms with Crippen molar-refractivity contribution in [1.82, 2.24) is 5.32 Å². The van der Waals surface area contributed by atoms with E-state index in [1.54, 1.807) is 0 Å². The molecule has 1 aliphatic rings. The summed E-state index contributed by atoms with van der Waals surface area (Å²) in [5.74, 6) is 0.337. The number of hydrogen-bond acceptors (Lipinski definition) is 3. The van der Waals surface area contributed by atoms with Crippen LogP contribution in [0.5, 0.6) is 0 Å². The standard InChI is InChI=1S/C13H23NO3/c1-13(2,10-15)7-5-8-14-12(16)11-6-3-4-9-17-11/h6,15H,3-5,7-10H2,1-2H3,(H,14,16). The number of amides is 1. The van der Waals surface area contributed by atoms with Crippen LogP contribution in [-0.4, -0.2) is 30.8 Å². The fourth-order valence-corrected chi connectivity index (χ4v) is 1.65. The molecule has 0 atom stereocenters. The Balaban J connectivity index is 2.18. The predicted molar refractivity (Wildman–Crippen MR) is 66.4 cm³/mol. The zero-order valence-electron chi connectivity index (χ0n) is 10.8. The molecule has 0 bridgehead atoms. The van der Waals surface area contributed by atoms with Crippen LogP contribution >= 0.6 is 0 Å². The number of aliphatic hydroxyl groups excluding tert-OH is 1. The van der Waals surface area contributed by atoms with Gasteiger partial charge in [-0.3, -0.25) is 4.79 Å². The number of hydrogen-bond donors (Lipinski definition) is 2. The van der Waals surface area contributed by atoms with Gasteiger partial charge in [0.1, 0.15) is 0 Å². The van der Waals surface area contributed by atoms with E-state index >= 15 is 0 Å². The fraction of sp³-hybridized carbons (Fsp3) is 0.769. The summed E-state index contributed by atoms with van der Waals surface area (Å²) in [6, 6.07) is 0. The molecule has 1 heterocycles. The van der Waals surface area contributed by atoms with E-state index in [1.165, 1.54) is 0 Å². The Bertz CT molecular complexity index is 284. The molecule has 0 radical (unpaired) electrons. The number of nitrogens with one attached hydrogen (secondary N) is 1. The Labute approximate surface area is 103 Å². The maximum absolute atomic E-state index is 11.6. The van der Waals surface area contributed by atoms with Crippen molar-refractivity contribution in [2.24, 2.45) is 5.41 Å². The highest BCUT2D eigenvalue weighted by atomic mass is 16.5. The van der Waals surface area contributed by atoms with Crippen LogP contribution in [0.25, 0.3) is 0 Å². The van der Waals surface area contributed by atoms with Crippen LogP contribution in [0.3, 0.4) is 0 Å². The summed E-state index contributed by atoms with van der Waals surface area (Å²) in [6.45, 7) is 5.47. The van der Waals surface area contributed by atoms with Gasteiger partial charge in [0.25, 0.3) is 5.91 Å². The van der Waals surface area contributed by atoms with Crippen molar-refractivity contribution < 1.29 is 14.6 Å². The largest absolute Gasteiger partial charge is 0.488 e. The summed E-state index contributed by atoms with van der Waals surface area (Å²) in [5.41, 5.74) is -0.0642. The van der Waals surface area contributed by atoms with Crippen LogP contribution in [-0.2, 0) is 9.53 Å². The third kappa shape index (κ3) is 5.22. The molecular formula is C13H23NO3. The quantitative estimate of drug-likeness (QED) is 0.694. The lowest BCUT2D eigenvalue weighted by molar-refractivity contribution is -0.121.